The Bertz CT molecular complexity index is 692. The summed E-state index contributed by atoms with van der Waals surface area (Å²) in [4.78, 5) is 0. The Morgan fingerprint density at radius 3 is 2.43 bits per heavy atom. The summed E-state index contributed by atoms with van der Waals surface area (Å²) in [5.41, 5.74) is 1.48. The largest absolute Gasteiger partial charge is 0.497 e. The van der Waals surface area contributed by atoms with E-state index in [2.05, 4.69) is 0 Å². The second-order valence-corrected chi connectivity index (χ2v) is 7.72. The van der Waals surface area contributed by atoms with E-state index in [1.165, 1.54) is 17.4 Å². The number of rotatable bonds is 6. The number of hydrogen-bond donors (Lipinski definition) is 1. The monoisotopic (exact) mass is 327 g/mol. The minimum absolute atomic E-state index is 0.159. The van der Waals surface area contributed by atoms with Gasteiger partial charge >= 0.3 is 0 Å². The summed E-state index contributed by atoms with van der Waals surface area (Å²) in [6.07, 6.45) is 0. The smallest absolute Gasteiger partial charge is 0.252 e. The van der Waals surface area contributed by atoms with Crippen LogP contribution in [0.2, 0.25) is 0 Å². The van der Waals surface area contributed by atoms with E-state index in [0.717, 1.165) is 22.6 Å². The molecule has 1 aromatic carbocycles. The summed E-state index contributed by atoms with van der Waals surface area (Å²) < 4.78 is 31.4. The Morgan fingerprint density at radius 2 is 1.90 bits per heavy atom. The number of benzene rings is 1. The number of nitrogens with zero attached hydrogens (tertiary/aromatic N) is 1. The van der Waals surface area contributed by atoms with Gasteiger partial charge in [0, 0.05) is 13.6 Å². The number of ether oxygens (including phenoxy) is 1. The van der Waals surface area contributed by atoms with Gasteiger partial charge in [0.15, 0.2) is 0 Å². The van der Waals surface area contributed by atoms with E-state index < -0.39 is 10.0 Å². The number of hydrogen-bond acceptors (Lipinski definition) is 5. The molecule has 0 saturated carbocycles. The summed E-state index contributed by atoms with van der Waals surface area (Å²) >= 11 is 1.12. The van der Waals surface area contributed by atoms with Crippen LogP contribution in [0.3, 0.4) is 0 Å². The van der Waals surface area contributed by atoms with Crippen LogP contribution in [0.25, 0.3) is 0 Å². The van der Waals surface area contributed by atoms with E-state index in [1.54, 1.807) is 24.6 Å². The number of methoxy groups -OCH3 is 1. The molecule has 0 bridgehead atoms. The maximum Gasteiger partial charge on any atom is 0.252 e. The molecular weight excluding hydrogens is 310 g/mol. The van der Waals surface area contributed by atoms with Gasteiger partial charge in [0.1, 0.15) is 9.96 Å². The van der Waals surface area contributed by atoms with Crippen molar-refractivity contribution in [1.82, 2.24) is 4.31 Å². The molecule has 2 rings (SSSR count). The van der Waals surface area contributed by atoms with Crippen molar-refractivity contribution < 1.29 is 18.3 Å². The second-order valence-electron chi connectivity index (χ2n) is 4.54. The first-order chi connectivity index (χ1) is 9.97. The van der Waals surface area contributed by atoms with E-state index in [9.17, 15) is 8.42 Å². The van der Waals surface area contributed by atoms with Crippen LogP contribution in [0.4, 0.5) is 0 Å². The molecule has 1 N–H and O–H groups in total. The van der Waals surface area contributed by atoms with Crippen LogP contribution in [0, 0.1) is 0 Å². The van der Waals surface area contributed by atoms with Gasteiger partial charge in [-0.3, -0.25) is 0 Å². The molecule has 0 saturated heterocycles. The van der Waals surface area contributed by atoms with E-state index in [4.69, 9.17) is 9.84 Å². The number of aliphatic hydroxyl groups excluding tert-OH is 1. The molecule has 21 heavy (non-hydrogen) atoms. The topological polar surface area (TPSA) is 66.8 Å². The molecule has 0 amide bonds. The van der Waals surface area contributed by atoms with Crippen LogP contribution in [0.5, 0.6) is 5.75 Å². The SMILES string of the molecule is COc1ccc(CN(C)S(=O)(=O)c2cc(CO)cs2)cc1. The van der Waals surface area contributed by atoms with Gasteiger partial charge in [-0.15, -0.1) is 11.3 Å². The molecule has 7 heteroatoms. The zero-order chi connectivity index (χ0) is 15.5. The maximum absolute atomic E-state index is 12.4. The van der Waals surface area contributed by atoms with E-state index in [-0.39, 0.29) is 17.4 Å². The lowest BCUT2D eigenvalue weighted by Crippen LogP contribution is -2.25. The van der Waals surface area contributed by atoms with Crippen molar-refractivity contribution in [3.8, 4) is 5.75 Å². The highest BCUT2D eigenvalue weighted by Gasteiger charge is 2.22. The highest BCUT2D eigenvalue weighted by molar-refractivity contribution is 7.91. The molecule has 0 atom stereocenters. The molecule has 0 aliphatic heterocycles. The third kappa shape index (κ3) is 3.62. The molecule has 1 aromatic heterocycles. The van der Waals surface area contributed by atoms with Crippen molar-refractivity contribution >= 4 is 21.4 Å². The van der Waals surface area contributed by atoms with Crippen molar-refractivity contribution in [2.24, 2.45) is 0 Å². The average Bonchev–Trinajstić information content (AvgIpc) is 2.97. The minimum Gasteiger partial charge on any atom is -0.497 e. The Hall–Kier alpha value is -1.41. The fourth-order valence-corrected chi connectivity index (χ4v) is 4.37. The summed E-state index contributed by atoms with van der Waals surface area (Å²) in [6.45, 7) is 0.118. The molecule has 0 unspecified atom stereocenters. The molecule has 2 aromatic rings. The summed E-state index contributed by atoms with van der Waals surface area (Å²) in [6, 6.07) is 8.76. The Morgan fingerprint density at radius 1 is 1.24 bits per heavy atom. The molecular formula is C14H17NO4S2. The molecule has 0 radical (unpaired) electrons. The third-order valence-corrected chi connectivity index (χ3v) is 6.31. The highest BCUT2D eigenvalue weighted by Crippen LogP contribution is 2.24. The number of aliphatic hydroxyl groups is 1. The van der Waals surface area contributed by atoms with Crippen molar-refractivity contribution in [1.29, 1.82) is 0 Å². The van der Waals surface area contributed by atoms with Gasteiger partial charge in [-0.1, -0.05) is 12.1 Å². The van der Waals surface area contributed by atoms with Crippen LogP contribution in [-0.4, -0.2) is 32.0 Å². The Labute approximate surface area is 128 Å². The van der Waals surface area contributed by atoms with E-state index in [1.807, 2.05) is 12.1 Å². The highest BCUT2D eigenvalue weighted by atomic mass is 32.2. The first-order valence-electron chi connectivity index (χ1n) is 6.25. The number of sulfonamides is 1. The summed E-state index contributed by atoms with van der Waals surface area (Å²) in [5, 5.41) is 10.7. The van der Waals surface area contributed by atoms with Gasteiger partial charge in [-0.05, 0) is 34.7 Å². The molecule has 0 spiro atoms. The second kappa shape index (κ2) is 6.57. The molecule has 1 heterocycles. The first-order valence-corrected chi connectivity index (χ1v) is 8.57. The molecule has 0 fully saturated rings. The predicted octanol–water partition coefficient (Wildman–Crippen LogP) is 2.07. The van der Waals surface area contributed by atoms with E-state index >= 15 is 0 Å². The van der Waals surface area contributed by atoms with Gasteiger partial charge in [0.2, 0.25) is 0 Å². The van der Waals surface area contributed by atoms with Crippen LogP contribution < -0.4 is 4.74 Å². The fraction of sp³-hybridized carbons (Fsp3) is 0.286. The van der Waals surface area contributed by atoms with Gasteiger partial charge in [-0.2, -0.15) is 4.31 Å². The zero-order valence-corrected chi connectivity index (χ0v) is 13.4. The fourth-order valence-electron chi connectivity index (χ4n) is 1.80. The van der Waals surface area contributed by atoms with Crippen molar-refractivity contribution in [2.45, 2.75) is 17.4 Å². The third-order valence-electron chi connectivity index (χ3n) is 3.04. The average molecular weight is 327 g/mol. The Balaban J connectivity index is 2.15. The number of thiophene rings is 1. The maximum atomic E-state index is 12.4. The first kappa shape index (κ1) is 16.0. The standard InChI is InChI=1S/C14H17NO4S2/c1-15(8-11-3-5-13(19-2)6-4-11)21(17,18)14-7-12(9-16)10-20-14/h3-7,10,16H,8-9H2,1-2H3. The van der Waals surface area contributed by atoms with Crippen LogP contribution in [0.15, 0.2) is 39.9 Å². The summed E-state index contributed by atoms with van der Waals surface area (Å²) in [5.74, 6) is 0.732. The molecule has 0 aliphatic carbocycles. The van der Waals surface area contributed by atoms with Crippen LogP contribution in [0.1, 0.15) is 11.1 Å². The van der Waals surface area contributed by atoms with Crippen LogP contribution >= 0.6 is 11.3 Å². The quantitative estimate of drug-likeness (QED) is 0.882. The minimum atomic E-state index is -3.53. The predicted molar refractivity (Wildman–Crippen MR) is 81.9 cm³/mol. The molecule has 114 valence electrons. The van der Waals surface area contributed by atoms with Crippen LogP contribution in [-0.2, 0) is 23.2 Å². The molecule has 0 aliphatic rings. The lowest BCUT2D eigenvalue weighted by molar-refractivity contribution is 0.282. The lowest BCUT2D eigenvalue weighted by atomic mass is 10.2. The van der Waals surface area contributed by atoms with Gasteiger partial charge in [0.25, 0.3) is 10.0 Å². The van der Waals surface area contributed by atoms with Gasteiger partial charge in [0.05, 0.1) is 13.7 Å². The lowest BCUT2D eigenvalue weighted by Gasteiger charge is -2.16. The van der Waals surface area contributed by atoms with Gasteiger partial charge in [-0.25, -0.2) is 8.42 Å². The van der Waals surface area contributed by atoms with Crippen molar-refractivity contribution in [3.05, 3.63) is 46.8 Å². The molecule has 5 nitrogen and oxygen atoms in total. The summed E-state index contributed by atoms with van der Waals surface area (Å²) in [7, 11) is -0.409. The van der Waals surface area contributed by atoms with Crippen molar-refractivity contribution in [3.63, 3.8) is 0 Å². The van der Waals surface area contributed by atoms with E-state index in [0.29, 0.717) is 5.56 Å². The zero-order valence-electron chi connectivity index (χ0n) is 11.8. The van der Waals surface area contributed by atoms with Crippen molar-refractivity contribution in [2.75, 3.05) is 14.2 Å². The Kier molecular flexibility index (Phi) is 5.00. The normalized spacial score (nSPS) is 11.8. The van der Waals surface area contributed by atoms with Gasteiger partial charge < -0.3 is 9.84 Å².